The summed E-state index contributed by atoms with van der Waals surface area (Å²) in [7, 11) is 0. The van der Waals surface area contributed by atoms with Gasteiger partial charge in [0.15, 0.2) is 5.78 Å². The lowest BCUT2D eigenvalue weighted by Crippen LogP contribution is -2.15. The van der Waals surface area contributed by atoms with Gasteiger partial charge in [-0.05, 0) is 35.6 Å². The van der Waals surface area contributed by atoms with Gasteiger partial charge in [0.1, 0.15) is 5.82 Å². The average molecular weight is 349 g/mol. The molecule has 0 aliphatic heterocycles. The van der Waals surface area contributed by atoms with Crippen molar-refractivity contribution in [3.63, 3.8) is 0 Å². The fourth-order valence-electron chi connectivity index (χ4n) is 2.13. The third kappa shape index (κ3) is 3.59. The van der Waals surface area contributed by atoms with E-state index in [0.717, 1.165) is 6.42 Å². The summed E-state index contributed by atoms with van der Waals surface area (Å²) in [5.41, 5.74) is 2.21. The van der Waals surface area contributed by atoms with Crippen molar-refractivity contribution >= 4 is 21.7 Å². The second-order valence-corrected chi connectivity index (χ2v) is 6.72. The van der Waals surface area contributed by atoms with Gasteiger partial charge in [-0.2, -0.15) is 0 Å². The van der Waals surface area contributed by atoms with E-state index in [4.69, 9.17) is 0 Å². The van der Waals surface area contributed by atoms with Gasteiger partial charge in [-0.25, -0.2) is 4.39 Å². The molecule has 2 rings (SSSR count). The van der Waals surface area contributed by atoms with Crippen molar-refractivity contribution in [2.45, 2.75) is 32.6 Å². The van der Waals surface area contributed by atoms with Crippen molar-refractivity contribution in [2.24, 2.45) is 0 Å². The summed E-state index contributed by atoms with van der Waals surface area (Å²) in [6.07, 6.45) is 1.02. The highest BCUT2D eigenvalue weighted by atomic mass is 79.9. The molecular formula is C18H18BrFO. The quantitative estimate of drug-likeness (QED) is 0.666. The van der Waals surface area contributed by atoms with Crippen molar-refractivity contribution < 1.29 is 9.18 Å². The van der Waals surface area contributed by atoms with Crippen LogP contribution in [0.3, 0.4) is 0 Å². The minimum absolute atomic E-state index is 0.0868. The predicted octanol–water partition coefficient (Wildman–Crippen LogP) is 5.51. The molecule has 3 heteroatoms. The van der Waals surface area contributed by atoms with Crippen molar-refractivity contribution in [1.29, 1.82) is 0 Å². The summed E-state index contributed by atoms with van der Waals surface area (Å²) < 4.78 is 14.0. The van der Waals surface area contributed by atoms with Crippen LogP contribution in [-0.4, -0.2) is 5.78 Å². The molecule has 110 valence electrons. The van der Waals surface area contributed by atoms with Gasteiger partial charge in [0.2, 0.25) is 0 Å². The maximum atomic E-state index is 13.4. The molecule has 0 atom stereocenters. The second kappa shape index (κ2) is 6.10. The molecule has 1 nitrogen and oxygen atoms in total. The summed E-state index contributed by atoms with van der Waals surface area (Å²) in [5, 5.41) is 0. The number of carbonyl (C=O) groups is 1. The molecule has 0 heterocycles. The van der Waals surface area contributed by atoms with E-state index in [-0.39, 0.29) is 11.2 Å². The Labute approximate surface area is 133 Å². The summed E-state index contributed by atoms with van der Waals surface area (Å²) in [6, 6.07) is 11.8. The Kier molecular flexibility index (Phi) is 4.62. The first-order chi connectivity index (χ1) is 9.83. The van der Waals surface area contributed by atoms with Crippen LogP contribution in [0.1, 0.15) is 48.7 Å². The van der Waals surface area contributed by atoms with E-state index in [1.165, 1.54) is 17.7 Å². The molecule has 21 heavy (non-hydrogen) atoms. The Bertz CT molecular complexity index is 639. The van der Waals surface area contributed by atoms with Crippen LogP contribution in [0.25, 0.3) is 0 Å². The normalized spacial score (nSPS) is 11.5. The summed E-state index contributed by atoms with van der Waals surface area (Å²) in [5.74, 6) is -0.590. The van der Waals surface area contributed by atoms with Crippen molar-refractivity contribution in [1.82, 2.24) is 0 Å². The maximum Gasteiger partial charge on any atom is 0.193 e. The molecule has 2 aromatic rings. The van der Waals surface area contributed by atoms with E-state index < -0.39 is 5.82 Å². The Morgan fingerprint density at radius 2 is 1.71 bits per heavy atom. The zero-order valence-corrected chi connectivity index (χ0v) is 14.0. The second-order valence-electron chi connectivity index (χ2n) is 5.80. The van der Waals surface area contributed by atoms with Gasteiger partial charge in [0, 0.05) is 15.6 Å². The lowest BCUT2D eigenvalue weighted by Gasteiger charge is -2.23. The number of carbonyl (C=O) groups excluding carboxylic acids is 1. The molecule has 0 spiro atoms. The van der Waals surface area contributed by atoms with Gasteiger partial charge >= 0.3 is 0 Å². The fraction of sp³-hybridized carbons (Fsp3) is 0.278. The van der Waals surface area contributed by atoms with Crippen LogP contribution in [0.5, 0.6) is 0 Å². The van der Waals surface area contributed by atoms with Gasteiger partial charge in [-0.1, -0.05) is 61.0 Å². The zero-order chi connectivity index (χ0) is 15.6. The monoisotopic (exact) mass is 348 g/mol. The number of benzene rings is 2. The van der Waals surface area contributed by atoms with Crippen LogP contribution in [0, 0.1) is 5.82 Å². The molecule has 0 aliphatic carbocycles. The molecule has 0 amide bonds. The lowest BCUT2D eigenvalue weighted by molar-refractivity contribution is 0.103. The Morgan fingerprint density at radius 3 is 2.24 bits per heavy atom. The van der Waals surface area contributed by atoms with Crippen molar-refractivity contribution in [3.8, 4) is 0 Å². The molecule has 0 radical (unpaired) electrons. The first-order valence-corrected chi connectivity index (χ1v) is 7.74. The van der Waals surface area contributed by atoms with Crippen molar-refractivity contribution in [2.75, 3.05) is 0 Å². The number of halogens is 2. The summed E-state index contributed by atoms with van der Waals surface area (Å²) in [6.45, 7) is 6.49. The molecule has 0 fully saturated rings. The molecule has 0 saturated heterocycles. The number of hydrogen-bond donors (Lipinski definition) is 0. The van der Waals surface area contributed by atoms with Gasteiger partial charge in [-0.15, -0.1) is 0 Å². The van der Waals surface area contributed by atoms with E-state index >= 15 is 0 Å². The predicted molar refractivity (Wildman–Crippen MR) is 87.3 cm³/mol. The minimum atomic E-state index is -0.420. The molecule has 0 N–H and O–H groups in total. The lowest BCUT2D eigenvalue weighted by atomic mass is 9.82. The van der Waals surface area contributed by atoms with Crippen molar-refractivity contribution in [3.05, 3.63) is 69.4 Å². The molecule has 0 saturated carbocycles. The van der Waals surface area contributed by atoms with Gasteiger partial charge in [-0.3, -0.25) is 4.79 Å². The van der Waals surface area contributed by atoms with Gasteiger partial charge in [0.25, 0.3) is 0 Å². The third-order valence-electron chi connectivity index (χ3n) is 3.94. The molecule has 0 bridgehead atoms. The molecule has 0 aromatic heterocycles. The van der Waals surface area contributed by atoms with E-state index in [1.807, 2.05) is 24.3 Å². The number of rotatable bonds is 4. The topological polar surface area (TPSA) is 17.1 Å². The highest BCUT2D eigenvalue weighted by Crippen LogP contribution is 2.27. The van der Waals surface area contributed by atoms with E-state index in [9.17, 15) is 9.18 Å². The Balaban J connectivity index is 2.32. The number of hydrogen-bond acceptors (Lipinski definition) is 1. The zero-order valence-electron chi connectivity index (χ0n) is 12.4. The highest BCUT2D eigenvalue weighted by molar-refractivity contribution is 9.10. The van der Waals surface area contributed by atoms with Crippen LogP contribution in [0.15, 0.2) is 46.9 Å². The first-order valence-electron chi connectivity index (χ1n) is 6.95. The minimum Gasteiger partial charge on any atom is -0.289 e. The number of ketones is 1. The maximum absolute atomic E-state index is 13.4. The molecule has 0 unspecified atom stereocenters. The average Bonchev–Trinajstić information content (AvgIpc) is 2.45. The smallest absolute Gasteiger partial charge is 0.193 e. The third-order valence-corrected chi connectivity index (χ3v) is 4.40. The summed E-state index contributed by atoms with van der Waals surface area (Å²) in [4.78, 5) is 12.4. The van der Waals surface area contributed by atoms with Gasteiger partial charge < -0.3 is 0 Å². The fourth-order valence-corrected chi connectivity index (χ4v) is 2.59. The van der Waals surface area contributed by atoms with Gasteiger partial charge in [0.05, 0.1) is 0 Å². The summed E-state index contributed by atoms with van der Waals surface area (Å²) >= 11 is 3.21. The standard InChI is InChI=1S/C18H18BrFO/c1-4-18(2,3)14-7-5-12(6-8-14)17(21)13-9-15(19)11-16(20)10-13/h5-11H,4H2,1-3H3. The SMILES string of the molecule is CCC(C)(C)c1ccc(C(=O)c2cc(F)cc(Br)c2)cc1. The Hall–Kier alpha value is -1.48. The molecule has 2 aromatic carbocycles. The van der Waals surface area contributed by atoms with Crippen LogP contribution in [-0.2, 0) is 5.41 Å². The van der Waals surface area contributed by atoms with Crippen LogP contribution < -0.4 is 0 Å². The van der Waals surface area contributed by atoms with E-state index in [1.54, 1.807) is 6.07 Å². The molecule has 0 aliphatic rings. The highest BCUT2D eigenvalue weighted by Gasteiger charge is 2.18. The largest absolute Gasteiger partial charge is 0.289 e. The Morgan fingerprint density at radius 1 is 1.10 bits per heavy atom. The van der Waals surface area contributed by atoms with Crippen LogP contribution >= 0.6 is 15.9 Å². The van der Waals surface area contributed by atoms with E-state index in [0.29, 0.717) is 15.6 Å². The molecular weight excluding hydrogens is 331 g/mol. The first kappa shape index (κ1) is 15.9. The van der Waals surface area contributed by atoms with Crippen LogP contribution in [0.4, 0.5) is 4.39 Å². The van der Waals surface area contributed by atoms with E-state index in [2.05, 4.69) is 36.7 Å². The van der Waals surface area contributed by atoms with Crippen LogP contribution in [0.2, 0.25) is 0 Å².